The van der Waals surface area contributed by atoms with E-state index in [2.05, 4.69) is 20.3 Å². The van der Waals surface area contributed by atoms with Crippen LogP contribution in [0, 0.1) is 6.92 Å². The van der Waals surface area contributed by atoms with Crippen LogP contribution >= 0.6 is 0 Å². The van der Waals surface area contributed by atoms with Gasteiger partial charge in [-0.3, -0.25) is 4.79 Å². The summed E-state index contributed by atoms with van der Waals surface area (Å²) in [7, 11) is 0. The SMILES string of the molecule is Cc1ncc(-c2ccc3nc(NC(=O)C4(F)CCOCC4)cn3c2)cn1. The van der Waals surface area contributed by atoms with Crippen molar-refractivity contribution in [2.24, 2.45) is 0 Å². The molecule has 1 aliphatic rings. The molecule has 1 aliphatic heterocycles. The topological polar surface area (TPSA) is 81.4 Å². The minimum absolute atomic E-state index is 0.0593. The highest BCUT2D eigenvalue weighted by Gasteiger charge is 2.40. The molecular weight excluding hydrogens is 337 g/mol. The lowest BCUT2D eigenvalue weighted by Crippen LogP contribution is -2.43. The zero-order chi connectivity index (χ0) is 18.1. The Morgan fingerprint density at radius 1 is 1.19 bits per heavy atom. The summed E-state index contributed by atoms with van der Waals surface area (Å²) >= 11 is 0. The summed E-state index contributed by atoms with van der Waals surface area (Å²) in [4.78, 5) is 25.0. The Hall–Kier alpha value is -2.87. The third kappa shape index (κ3) is 3.15. The molecule has 4 heterocycles. The first kappa shape index (κ1) is 16.6. The lowest BCUT2D eigenvalue weighted by molar-refractivity contribution is -0.133. The average Bonchev–Trinajstić information content (AvgIpc) is 3.04. The fourth-order valence-electron chi connectivity index (χ4n) is 2.91. The number of ether oxygens (including phenoxy) is 1. The normalized spacial score (nSPS) is 16.5. The number of carbonyl (C=O) groups is 1. The van der Waals surface area contributed by atoms with E-state index in [1.165, 1.54) is 0 Å². The van der Waals surface area contributed by atoms with Crippen LogP contribution in [0.25, 0.3) is 16.8 Å². The fourth-order valence-corrected chi connectivity index (χ4v) is 2.91. The number of carbonyl (C=O) groups excluding carboxylic acids is 1. The molecule has 0 bridgehead atoms. The zero-order valence-corrected chi connectivity index (χ0v) is 14.3. The van der Waals surface area contributed by atoms with Crippen molar-refractivity contribution >= 4 is 17.4 Å². The molecule has 7 nitrogen and oxygen atoms in total. The molecule has 1 N–H and O–H groups in total. The van der Waals surface area contributed by atoms with E-state index in [-0.39, 0.29) is 26.1 Å². The van der Waals surface area contributed by atoms with Crippen LogP contribution in [0.3, 0.4) is 0 Å². The molecule has 0 unspecified atom stereocenters. The molecule has 1 amide bonds. The Balaban J connectivity index is 1.57. The van der Waals surface area contributed by atoms with Crippen molar-refractivity contribution in [2.75, 3.05) is 18.5 Å². The summed E-state index contributed by atoms with van der Waals surface area (Å²) in [5.74, 6) is 0.350. The predicted octanol–water partition coefficient (Wildman–Crippen LogP) is 2.56. The van der Waals surface area contributed by atoms with Crippen LogP contribution in [0.2, 0.25) is 0 Å². The standard InChI is InChI=1S/C18H18FN5O2/c1-12-20-8-14(9-21-12)13-2-3-16-22-15(11-24(16)10-13)23-17(25)18(19)4-6-26-7-5-18/h2-3,8-11H,4-7H2,1H3,(H,23,25). The van der Waals surface area contributed by atoms with Gasteiger partial charge in [0.2, 0.25) is 0 Å². The molecule has 1 fully saturated rings. The van der Waals surface area contributed by atoms with E-state index in [4.69, 9.17) is 4.74 Å². The van der Waals surface area contributed by atoms with E-state index >= 15 is 0 Å². The smallest absolute Gasteiger partial charge is 0.263 e. The van der Waals surface area contributed by atoms with Gasteiger partial charge in [-0.05, 0) is 19.1 Å². The molecule has 0 spiro atoms. The van der Waals surface area contributed by atoms with Crippen molar-refractivity contribution in [2.45, 2.75) is 25.4 Å². The van der Waals surface area contributed by atoms with Crippen molar-refractivity contribution < 1.29 is 13.9 Å². The molecule has 3 aromatic rings. The average molecular weight is 355 g/mol. The largest absolute Gasteiger partial charge is 0.381 e. The Morgan fingerprint density at radius 3 is 2.65 bits per heavy atom. The maximum atomic E-state index is 14.7. The highest BCUT2D eigenvalue weighted by atomic mass is 19.1. The van der Waals surface area contributed by atoms with E-state index in [0.29, 0.717) is 17.3 Å². The Kier molecular flexibility index (Phi) is 4.12. The van der Waals surface area contributed by atoms with Gasteiger partial charge >= 0.3 is 0 Å². The van der Waals surface area contributed by atoms with Gasteiger partial charge in [0.1, 0.15) is 11.5 Å². The third-order valence-electron chi connectivity index (χ3n) is 4.50. The summed E-state index contributed by atoms with van der Waals surface area (Å²) in [6.45, 7) is 2.32. The number of hydrogen-bond donors (Lipinski definition) is 1. The second-order valence-corrected chi connectivity index (χ2v) is 6.36. The van der Waals surface area contributed by atoms with E-state index in [9.17, 15) is 9.18 Å². The van der Waals surface area contributed by atoms with Crippen molar-refractivity contribution in [3.8, 4) is 11.1 Å². The number of anilines is 1. The molecule has 0 aromatic carbocycles. The van der Waals surface area contributed by atoms with Crippen molar-refractivity contribution in [3.05, 3.63) is 42.7 Å². The number of nitrogens with zero attached hydrogens (tertiary/aromatic N) is 4. The van der Waals surface area contributed by atoms with Gasteiger partial charge < -0.3 is 14.5 Å². The number of alkyl halides is 1. The van der Waals surface area contributed by atoms with Gasteiger partial charge in [0, 0.05) is 42.6 Å². The number of fused-ring (bicyclic) bond motifs is 1. The second kappa shape index (κ2) is 6.45. The molecule has 4 rings (SSSR count). The summed E-state index contributed by atoms with van der Waals surface area (Å²) < 4.78 is 21.6. The monoisotopic (exact) mass is 355 g/mol. The van der Waals surface area contributed by atoms with Gasteiger partial charge in [-0.25, -0.2) is 19.3 Å². The maximum absolute atomic E-state index is 14.7. The van der Waals surface area contributed by atoms with Gasteiger partial charge in [-0.1, -0.05) is 0 Å². The lowest BCUT2D eigenvalue weighted by Gasteiger charge is -2.27. The number of hydrogen-bond acceptors (Lipinski definition) is 5. The number of aromatic nitrogens is 4. The minimum Gasteiger partial charge on any atom is -0.381 e. The van der Waals surface area contributed by atoms with Gasteiger partial charge in [-0.2, -0.15) is 0 Å². The van der Waals surface area contributed by atoms with Crippen LogP contribution in [0.15, 0.2) is 36.9 Å². The van der Waals surface area contributed by atoms with Crippen LogP contribution in [0.1, 0.15) is 18.7 Å². The van der Waals surface area contributed by atoms with Crippen LogP contribution in [0.4, 0.5) is 10.2 Å². The molecule has 3 aromatic heterocycles. The van der Waals surface area contributed by atoms with Crippen molar-refractivity contribution in [1.82, 2.24) is 19.4 Å². The van der Waals surface area contributed by atoms with Crippen molar-refractivity contribution in [1.29, 1.82) is 0 Å². The molecule has 0 radical (unpaired) electrons. The molecule has 0 atom stereocenters. The van der Waals surface area contributed by atoms with Gasteiger partial charge in [-0.15, -0.1) is 0 Å². The van der Waals surface area contributed by atoms with Crippen molar-refractivity contribution in [3.63, 3.8) is 0 Å². The molecule has 26 heavy (non-hydrogen) atoms. The number of nitrogens with one attached hydrogen (secondary N) is 1. The molecular formula is C18H18FN5O2. The van der Waals surface area contributed by atoms with Gasteiger partial charge in [0.15, 0.2) is 11.5 Å². The summed E-state index contributed by atoms with van der Waals surface area (Å²) in [5.41, 5.74) is 0.538. The van der Waals surface area contributed by atoms with Crippen LogP contribution < -0.4 is 5.32 Å². The second-order valence-electron chi connectivity index (χ2n) is 6.36. The highest BCUT2D eigenvalue weighted by molar-refractivity contribution is 5.96. The number of halogens is 1. The summed E-state index contributed by atoms with van der Waals surface area (Å²) in [5, 5.41) is 2.58. The molecule has 0 saturated carbocycles. The van der Waals surface area contributed by atoms with Crippen LogP contribution in [-0.2, 0) is 9.53 Å². The number of amides is 1. The Morgan fingerprint density at radius 2 is 1.92 bits per heavy atom. The quantitative estimate of drug-likeness (QED) is 0.781. The first-order valence-electron chi connectivity index (χ1n) is 8.39. The molecule has 134 valence electrons. The zero-order valence-electron chi connectivity index (χ0n) is 14.3. The number of aryl methyl sites for hydroxylation is 1. The first-order valence-corrected chi connectivity index (χ1v) is 8.39. The third-order valence-corrected chi connectivity index (χ3v) is 4.50. The molecule has 1 saturated heterocycles. The Bertz CT molecular complexity index is 948. The lowest BCUT2D eigenvalue weighted by atomic mass is 9.95. The summed E-state index contributed by atoms with van der Waals surface area (Å²) in [6, 6.07) is 3.72. The number of rotatable bonds is 3. The number of imidazole rings is 1. The van der Waals surface area contributed by atoms with Crippen LogP contribution in [0.5, 0.6) is 0 Å². The maximum Gasteiger partial charge on any atom is 0.263 e. The van der Waals surface area contributed by atoms with Gasteiger partial charge in [0.05, 0.1) is 19.4 Å². The Labute approximate surface area is 149 Å². The van der Waals surface area contributed by atoms with Crippen LogP contribution in [-0.4, -0.2) is 44.1 Å². The summed E-state index contributed by atoms with van der Waals surface area (Å²) in [6.07, 6.45) is 7.15. The van der Waals surface area contributed by atoms with E-state index < -0.39 is 11.6 Å². The van der Waals surface area contributed by atoms with E-state index in [1.54, 1.807) is 23.0 Å². The number of pyridine rings is 1. The highest BCUT2D eigenvalue weighted by Crippen LogP contribution is 2.27. The van der Waals surface area contributed by atoms with E-state index in [0.717, 1.165) is 11.1 Å². The van der Waals surface area contributed by atoms with E-state index in [1.807, 2.05) is 25.3 Å². The fraction of sp³-hybridized carbons (Fsp3) is 0.333. The van der Waals surface area contributed by atoms with Gasteiger partial charge in [0.25, 0.3) is 5.91 Å². The molecule has 8 heteroatoms. The first-order chi connectivity index (χ1) is 12.5. The minimum atomic E-state index is -1.90. The molecule has 0 aliphatic carbocycles. The predicted molar refractivity (Wildman–Crippen MR) is 93.5 cm³/mol.